The summed E-state index contributed by atoms with van der Waals surface area (Å²) in [5.74, 6) is 0.796. The molecule has 1 aliphatic rings. The van der Waals surface area contributed by atoms with Crippen LogP contribution in [-0.2, 0) is 16.7 Å². The number of piperazine rings is 1. The van der Waals surface area contributed by atoms with E-state index >= 15 is 0 Å². The molecule has 2 aromatic heterocycles. The SMILES string of the molecule is Cc1cc(C)cc(-c2nn(CN3CCN(S(=O)(=O)c4c(C)noc4C)CC3)c(=S)o2)c1. The standard InChI is InChI=1S/C20H25N5O4S2/c1-13-9-14(2)11-17(10-13)19-21-25(20(30)28-19)12-23-5-7-24(8-6-23)31(26,27)18-15(3)22-29-16(18)4/h9-11H,5-8,12H2,1-4H3. The van der Waals surface area contributed by atoms with Gasteiger partial charge in [0.2, 0.25) is 15.9 Å². The maximum absolute atomic E-state index is 13.0. The summed E-state index contributed by atoms with van der Waals surface area (Å²) in [6, 6.07) is 6.11. The fourth-order valence-electron chi connectivity index (χ4n) is 3.88. The van der Waals surface area contributed by atoms with Gasteiger partial charge < -0.3 is 8.94 Å². The van der Waals surface area contributed by atoms with Gasteiger partial charge in [-0.25, -0.2) is 13.1 Å². The van der Waals surface area contributed by atoms with Gasteiger partial charge in [-0.05, 0) is 52.0 Å². The highest BCUT2D eigenvalue weighted by molar-refractivity contribution is 7.89. The van der Waals surface area contributed by atoms with E-state index in [1.165, 1.54) is 4.31 Å². The Bertz CT molecular complexity index is 1230. The van der Waals surface area contributed by atoms with Gasteiger partial charge in [-0.2, -0.15) is 4.31 Å². The molecule has 166 valence electrons. The van der Waals surface area contributed by atoms with Crippen LogP contribution in [0.25, 0.3) is 11.5 Å². The van der Waals surface area contributed by atoms with Crippen LogP contribution in [0, 0.1) is 32.5 Å². The average molecular weight is 464 g/mol. The minimum atomic E-state index is -3.64. The van der Waals surface area contributed by atoms with Crippen LogP contribution >= 0.6 is 12.2 Å². The zero-order valence-corrected chi connectivity index (χ0v) is 19.6. The third-order valence-corrected chi connectivity index (χ3v) is 7.74. The number of hydrogen-bond donors (Lipinski definition) is 0. The van der Waals surface area contributed by atoms with E-state index in [1.807, 2.05) is 26.0 Å². The highest BCUT2D eigenvalue weighted by atomic mass is 32.2. The van der Waals surface area contributed by atoms with E-state index < -0.39 is 10.0 Å². The molecule has 1 aromatic carbocycles. The van der Waals surface area contributed by atoms with Gasteiger partial charge in [-0.3, -0.25) is 4.90 Å². The first-order valence-electron chi connectivity index (χ1n) is 9.97. The summed E-state index contributed by atoms with van der Waals surface area (Å²) in [5.41, 5.74) is 3.52. The Morgan fingerprint density at radius 1 is 1.03 bits per heavy atom. The monoisotopic (exact) mass is 463 g/mol. The van der Waals surface area contributed by atoms with Crippen molar-refractivity contribution in [2.75, 3.05) is 26.2 Å². The van der Waals surface area contributed by atoms with Crippen LogP contribution < -0.4 is 0 Å². The first kappa shape index (κ1) is 21.9. The first-order chi connectivity index (χ1) is 14.6. The van der Waals surface area contributed by atoms with Crippen LogP contribution in [0.1, 0.15) is 22.6 Å². The molecule has 1 saturated heterocycles. The number of aryl methyl sites for hydroxylation is 4. The lowest BCUT2D eigenvalue weighted by Gasteiger charge is -2.33. The minimum absolute atomic E-state index is 0.165. The van der Waals surface area contributed by atoms with Gasteiger partial charge in [0, 0.05) is 31.7 Å². The third-order valence-electron chi connectivity index (χ3n) is 5.31. The van der Waals surface area contributed by atoms with E-state index in [0.29, 0.717) is 55.0 Å². The summed E-state index contributed by atoms with van der Waals surface area (Å²) in [4.78, 5) is 2.56. The maximum Gasteiger partial charge on any atom is 0.288 e. The Balaban J connectivity index is 1.45. The largest absolute Gasteiger partial charge is 0.409 e. The summed E-state index contributed by atoms with van der Waals surface area (Å²) in [6.45, 7) is 9.57. The average Bonchev–Trinajstić information content (AvgIpc) is 3.23. The summed E-state index contributed by atoms with van der Waals surface area (Å²) in [5, 5.41) is 8.31. The van der Waals surface area contributed by atoms with E-state index in [2.05, 4.69) is 21.2 Å². The van der Waals surface area contributed by atoms with Crippen LogP contribution in [0.3, 0.4) is 0 Å². The van der Waals surface area contributed by atoms with Gasteiger partial charge in [0.15, 0.2) is 5.76 Å². The lowest BCUT2D eigenvalue weighted by Crippen LogP contribution is -2.49. The van der Waals surface area contributed by atoms with E-state index in [4.69, 9.17) is 21.2 Å². The van der Waals surface area contributed by atoms with Crippen molar-refractivity contribution >= 4 is 22.2 Å². The molecule has 3 heterocycles. The maximum atomic E-state index is 13.0. The Morgan fingerprint density at radius 2 is 1.68 bits per heavy atom. The van der Waals surface area contributed by atoms with E-state index in [1.54, 1.807) is 18.5 Å². The van der Waals surface area contributed by atoms with Crippen molar-refractivity contribution in [2.45, 2.75) is 39.3 Å². The predicted molar refractivity (Wildman–Crippen MR) is 117 cm³/mol. The molecule has 11 heteroatoms. The number of sulfonamides is 1. The normalized spacial score (nSPS) is 16.1. The van der Waals surface area contributed by atoms with Crippen LogP contribution in [0.2, 0.25) is 0 Å². The summed E-state index contributed by atoms with van der Waals surface area (Å²) >= 11 is 5.36. The molecule has 0 atom stereocenters. The molecule has 1 aliphatic heterocycles. The van der Waals surface area contributed by atoms with Crippen molar-refractivity contribution in [1.29, 1.82) is 0 Å². The van der Waals surface area contributed by atoms with Crippen LogP contribution in [-0.4, -0.2) is 58.7 Å². The first-order valence-corrected chi connectivity index (χ1v) is 11.8. The molecule has 0 bridgehead atoms. The highest BCUT2D eigenvalue weighted by Gasteiger charge is 2.33. The number of rotatable bonds is 5. The third kappa shape index (κ3) is 4.36. The second-order valence-electron chi connectivity index (χ2n) is 7.87. The summed E-state index contributed by atoms with van der Waals surface area (Å²) in [7, 11) is -3.64. The summed E-state index contributed by atoms with van der Waals surface area (Å²) in [6.07, 6.45) is 0. The van der Waals surface area contributed by atoms with E-state index in [-0.39, 0.29) is 4.90 Å². The Kier molecular flexibility index (Phi) is 5.86. The van der Waals surface area contributed by atoms with Crippen LogP contribution in [0.5, 0.6) is 0 Å². The molecular weight excluding hydrogens is 438 g/mol. The molecule has 0 radical (unpaired) electrons. The fourth-order valence-corrected chi connectivity index (χ4v) is 5.77. The minimum Gasteiger partial charge on any atom is -0.409 e. The van der Waals surface area contributed by atoms with Crippen LogP contribution in [0.15, 0.2) is 32.0 Å². The number of hydrogen-bond acceptors (Lipinski definition) is 8. The topological polar surface area (TPSA) is 97.6 Å². The van der Waals surface area contributed by atoms with E-state index in [9.17, 15) is 8.42 Å². The second-order valence-corrected chi connectivity index (χ2v) is 10.1. The van der Waals surface area contributed by atoms with Gasteiger partial charge in [0.05, 0.1) is 6.67 Å². The molecule has 31 heavy (non-hydrogen) atoms. The lowest BCUT2D eigenvalue weighted by atomic mass is 10.1. The van der Waals surface area contributed by atoms with Gasteiger partial charge in [-0.1, -0.05) is 22.3 Å². The molecule has 0 unspecified atom stereocenters. The van der Waals surface area contributed by atoms with E-state index in [0.717, 1.165) is 16.7 Å². The molecule has 1 fully saturated rings. The molecule has 0 saturated carbocycles. The molecule has 0 aliphatic carbocycles. The zero-order chi connectivity index (χ0) is 22.3. The zero-order valence-electron chi connectivity index (χ0n) is 18.0. The van der Waals surface area contributed by atoms with Crippen molar-refractivity contribution in [2.24, 2.45) is 0 Å². The molecule has 3 aromatic rings. The predicted octanol–water partition coefficient (Wildman–Crippen LogP) is 3.06. The molecule has 4 rings (SSSR count). The lowest BCUT2D eigenvalue weighted by molar-refractivity contribution is 0.143. The van der Waals surface area contributed by atoms with Gasteiger partial charge in [0.25, 0.3) is 4.84 Å². The highest BCUT2D eigenvalue weighted by Crippen LogP contribution is 2.25. The number of aromatic nitrogens is 3. The molecular formula is C20H25N5O4S2. The van der Waals surface area contributed by atoms with Crippen molar-refractivity contribution < 1.29 is 17.4 Å². The van der Waals surface area contributed by atoms with Gasteiger partial charge in [-0.15, -0.1) is 5.10 Å². The van der Waals surface area contributed by atoms with Crippen molar-refractivity contribution in [3.63, 3.8) is 0 Å². The van der Waals surface area contributed by atoms with Crippen LogP contribution in [0.4, 0.5) is 0 Å². The molecule has 9 nitrogen and oxygen atoms in total. The second kappa shape index (κ2) is 8.30. The fraction of sp³-hybridized carbons (Fsp3) is 0.450. The van der Waals surface area contributed by atoms with Gasteiger partial charge >= 0.3 is 0 Å². The Morgan fingerprint density at radius 3 is 2.26 bits per heavy atom. The van der Waals surface area contributed by atoms with Crippen molar-refractivity contribution in [3.8, 4) is 11.5 Å². The van der Waals surface area contributed by atoms with Gasteiger partial charge in [0.1, 0.15) is 10.6 Å². The quantitative estimate of drug-likeness (QED) is 0.533. The smallest absolute Gasteiger partial charge is 0.288 e. The molecule has 0 N–H and O–H groups in total. The number of nitrogens with zero attached hydrogens (tertiary/aromatic N) is 5. The molecule has 0 amide bonds. The molecule has 0 spiro atoms. The Labute approximate surface area is 186 Å². The number of benzene rings is 1. The Hall–Kier alpha value is -2.34. The van der Waals surface area contributed by atoms with Crippen molar-refractivity contribution in [3.05, 3.63) is 45.6 Å². The summed E-state index contributed by atoms with van der Waals surface area (Å²) < 4.78 is 39.8. The van der Waals surface area contributed by atoms with Crippen molar-refractivity contribution in [1.82, 2.24) is 24.1 Å².